The molecule has 1 aliphatic heterocycles. The van der Waals surface area contributed by atoms with Crippen LogP contribution in [0.5, 0.6) is 0 Å². The zero-order chi connectivity index (χ0) is 13.8. The van der Waals surface area contributed by atoms with Gasteiger partial charge in [-0.1, -0.05) is 6.58 Å². The van der Waals surface area contributed by atoms with E-state index in [2.05, 4.69) is 6.58 Å². The zero-order valence-corrected chi connectivity index (χ0v) is 11.3. The minimum absolute atomic E-state index is 0.166. The van der Waals surface area contributed by atoms with Crippen molar-refractivity contribution in [3.63, 3.8) is 0 Å². The highest BCUT2D eigenvalue weighted by Gasteiger charge is 2.36. The van der Waals surface area contributed by atoms with Gasteiger partial charge in [0, 0.05) is 26.2 Å². The molecule has 5 heteroatoms. The summed E-state index contributed by atoms with van der Waals surface area (Å²) in [6.07, 6.45) is 1.99. The molecule has 0 saturated carbocycles. The Bertz CT molecular complexity index is 356. The fraction of sp³-hybridized carbons (Fsp3) is 0.615. The maximum Gasteiger partial charge on any atom is 0.333 e. The van der Waals surface area contributed by atoms with Gasteiger partial charge in [-0.25, -0.2) is 4.79 Å². The second-order valence-electron chi connectivity index (χ2n) is 4.52. The molecule has 0 aliphatic carbocycles. The summed E-state index contributed by atoms with van der Waals surface area (Å²) in [5.74, 6) is 0.192. The standard InChI is InChI=1S/C13H20O5/c1-9(2)11(14)17-8-13(3)7-6-10(18-13)12(15-4)16-5/h6,12H,1,7-8H2,2-5H3. The van der Waals surface area contributed by atoms with Crippen LogP contribution < -0.4 is 0 Å². The fourth-order valence-electron chi connectivity index (χ4n) is 1.59. The molecule has 0 N–H and O–H groups in total. The lowest BCUT2D eigenvalue weighted by Gasteiger charge is -2.26. The number of carbonyl (C=O) groups is 1. The van der Waals surface area contributed by atoms with E-state index in [4.69, 9.17) is 18.9 Å². The first-order valence-corrected chi connectivity index (χ1v) is 5.69. The van der Waals surface area contributed by atoms with Gasteiger partial charge in [-0.15, -0.1) is 0 Å². The molecular formula is C13H20O5. The number of carbonyl (C=O) groups excluding carboxylic acids is 1. The molecule has 0 aromatic heterocycles. The van der Waals surface area contributed by atoms with Gasteiger partial charge in [0.25, 0.3) is 0 Å². The average molecular weight is 256 g/mol. The molecule has 1 aliphatic rings. The van der Waals surface area contributed by atoms with Gasteiger partial charge < -0.3 is 18.9 Å². The Morgan fingerprint density at radius 1 is 1.56 bits per heavy atom. The minimum Gasteiger partial charge on any atom is -0.483 e. The molecule has 0 saturated heterocycles. The molecule has 0 bridgehead atoms. The topological polar surface area (TPSA) is 54.0 Å². The summed E-state index contributed by atoms with van der Waals surface area (Å²) in [6, 6.07) is 0. The van der Waals surface area contributed by atoms with Gasteiger partial charge in [0.2, 0.25) is 6.29 Å². The zero-order valence-electron chi connectivity index (χ0n) is 11.3. The smallest absolute Gasteiger partial charge is 0.333 e. The highest BCUT2D eigenvalue weighted by Crippen LogP contribution is 2.31. The number of methoxy groups -OCH3 is 2. The van der Waals surface area contributed by atoms with E-state index in [1.54, 1.807) is 6.92 Å². The lowest BCUT2D eigenvalue weighted by atomic mass is 10.1. The van der Waals surface area contributed by atoms with Crippen LogP contribution in [0, 0.1) is 0 Å². The molecule has 0 aromatic carbocycles. The van der Waals surface area contributed by atoms with E-state index < -0.39 is 17.9 Å². The van der Waals surface area contributed by atoms with Gasteiger partial charge in [-0.05, 0) is 19.9 Å². The predicted molar refractivity (Wildman–Crippen MR) is 65.8 cm³/mol. The van der Waals surface area contributed by atoms with Crippen LogP contribution in [0.4, 0.5) is 0 Å². The Morgan fingerprint density at radius 3 is 2.67 bits per heavy atom. The van der Waals surface area contributed by atoms with Crippen molar-refractivity contribution in [3.8, 4) is 0 Å². The monoisotopic (exact) mass is 256 g/mol. The minimum atomic E-state index is -0.574. The van der Waals surface area contributed by atoms with Crippen LogP contribution in [-0.2, 0) is 23.7 Å². The second kappa shape index (κ2) is 6.02. The number of esters is 1. The summed E-state index contributed by atoms with van der Waals surface area (Å²) in [5, 5.41) is 0. The third-order valence-corrected chi connectivity index (χ3v) is 2.62. The number of ether oxygens (including phenoxy) is 4. The third-order valence-electron chi connectivity index (χ3n) is 2.62. The molecule has 0 amide bonds. The average Bonchev–Trinajstić information content (AvgIpc) is 2.71. The second-order valence-corrected chi connectivity index (χ2v) is 4.52. The van der Waals surface area contributed by atoms with Gasteiger partial charge >= 0.3 is 5.97 Å². The van der Waals surface area contributed by atoms with E-state index >= 15 is 0 Å². The van der Waals surface area contributed by atoms with Gasteiger partial charge in [0.1, 0.15) is 18.0 Å². The van der Waals surface area contributed by atoms with Crippen LogP contribution in [0.2, 0.25) is 0 Å². The molecule has 0 aromatic rings. The Labute approximate surface area is 107 Å². The fourth-order valence-corrected chi connectivity index (χ4v) is 1.59. The van der Waals surface area contributed by atoms with Gasteiger partial charge in [-0.2, -0.15) is 0 Å². The summed E-state index contributed by atoms with van der Waals surface area (Å²) in [7, 11) is 3.07. The van der Waals surface area contributed by atoms with Crippen molar-refractivity contribution < 1.29 is 23.7 Å². The predicted octanol–water partition coefficient (Wildman–Crippen LogP) is 1.79. The first-order valence-electron chi connectivity index (χ1n) is 5.69. The Hall–Kier alpha value is -1.33. The Kier molecular flexibility index (Phi) is 4.93. The molecule has 18 heavy (non-hydrogen) atoms. The molecule has 102 valence electrons. The summed E-state index contributed by atoms with van der Waals surface area (Å²) < 4.78 is 21.0. The van der Waals surface area contributed by atoms with Crippen molar-refractivity contribution >= 4 is 5.97 Å². The van der Waals surface area contributed by atoms with Gasteiger partial charge in [0.05, 0.1) is 0 Å². The van der Waals surface area contributed by atoms with E-state index in [9.17, 15) is 4.79 Å². The molecule has 0 radical (unpaired) electrons. The summed E-state index contributed by atoms with van der Waals surface area (Å²) in [4.78, 5) is 11.3. The normalized spacial score (nSPS) is 22.6. The summed E-state index contributed by atoms with van der Waals surface area (Å²) in [5.41, 5.74) is -0.202. The van der Waals surface area contributed by atoms with Crippen molar-refractivity contribution in [1.82, 2.24) is 0 Å². The molecule has 1 unspecified atom stereocenters. The summed E-state index contributed by atoms with van der Waals surface area (Å²) in [6.45, 7) is 7.16. The molecule has 1 heterocycles. The number of hydrogen-bond donors (Lipinski definition) is 0. The van der Waals surface area contributed by atoms with Crippen LogP contribution in [0.25, 0.3) is 0 Å². The van der Waals surface area contributed by atoms with E-state index in [0.29, 0.717) is 17.8 Å². The van der Waals surface area contributed by atoms with Crippen molar-refractivity contribution in [1.29, 1.82) is 0 Å². The maximum atomic E-state index is 11.3. The maximum absolute atomic E-state index is 11.3. The lowest BCUT2D eigenvalue weighted by molar-refractivity contribution is -0.152. The van der Waals surface area contributed by atoms with Crippen molar-refractivity contribution in [2.24, 2.45) is 0 Å². The van der Waals surface area contributed by atoms with E-state index in [1.165, 1.54) is 14.2 Å². The first kappa shape index (κ1) is 14.7. The highest BCUT2D eigenvalue weighted by atomic mass is 16.7. The van der Waals surface area contributed by atoms with E-state index in [1.807, 2.05) is 13.0 Å². The quantitative estimate of drug-likeness (QED) is 0.412. The molecule has 0 fully saturated rings. The summed E-state index contributed by atoms with van der Waals surface area (Å²) >= 11 is 0. The van der Waals surface area contributed by atoms with Crippen LogP contribution >= 0.6 is 0 Å². The van der Waals surface area contributed by atoms with Crippen molar-refractivity contribution in [2.75, 3.05) is 20.8 Å². The SMILES string of the molecule is C=C(C)C(=O)OCC1(C)CC=C(C(OC)OC)O1. The molecule has 1 rings (SSSR count). The Morgan fingerprint density at radius 2 is 2.17 bits per heavy atom. The van der Waals surface area contributed by atoms with Crippen LogP contribution in [-0.4, -0.2) is 38.7 Å². The molecule has 0 spiro atoms. The Balaban J connectivity index is 2.50. The van der Waals surface area contributed by atoms with Gasteiger partial charge in [0.15, 0.2) is 0 Å². The number of hydrogen-bond acceptors (Lipinski definition) is 5. The highest BCUT2D eigenvalue weighted by molar-refractivity contribution is 5.86. The molecular weight excluding hydrogens is 236 g/mol. The van der Waals surface area contributed by atoms with Crippen LogP contribution in [0.3, 0.4) is 0 Å². The first-order chi connectivity index (χ1) is 8.41. The van der Waals surface area contributed by atoms with E-state index in [-0.39, 0.29) is 6.61 Å². The lowest BCUT2D eigenvalue weighted by Crippen LogP contribution is -2.33. The molecule has 1 atom stereocenters. The number of rotatable bonds is 6. The van der Waals surface area contributed by atoms with Crippen LogP contribution in [0.15, 0.2) is 24.0 Å². The van der Waals surface area contributed by atoms with Crippen LogP contribution in [0.1, 0.15) is 20.3 Å². The largest absolute Gasteiger partial charge is 0.483 e. The van der Waals surface area contributed by atoms with Crippen molar-refractivity contribution in [2.45, 2.75) is 32.2 Å². The molecule has 5 nitrogen and oxygen atoms in total. The third kappa shape index (κ3) is 3.58. The van der Waals surface area contributed by atoms with E-state index in [0.717, 1.165) is 0 Å². The van der Waals surface area contributed by atoms with Crippen molar-refractivity contribution in [3.05, 3.63) is 24.0 Å². The van der Waals surface area contributed by atoms with Gasteiger partial charge in [-0.3, -0.25) is 0 Å².